The second-order valence-electron chi connectivity index (χ2n) is 5.16. The lowest BCUT2D eigenvalue weighted by Gasteiger charge is -2.29. The van der Waals surface area contributed by atoms with Crippen LogP contribution >= 0.6 is 0 Å². The van der Waals surface area contributed by atoms with Crippen molar-refractivity contribution in [2.24, 2.45) is 0 Å². The number of nitrogens with zero attached hydrogens (tertiary/aromatic N) is 1. The number of carbonyl (C=O) groups excluding carboxylic acids is 1. The SMILES string of the molecule is CCN1C(=O)/C(=C\c2ccc(OC)cc2)Oc2cc(N)ccc21. The number of fused-ring (bicyclic) bond motifs is 1. The predicted octanol–water partition coefficient (Wildman–Crippen LogP) is 3.06. The molecule has 2 aromatic rings. The molecule has 0 unspecified atom stereocenters. The van der Waals surface area contributed by atoms with E-state index in [1.54, 1.807) is 36.3 Å². The number of hydrogen-bond acceptors (Lipinski definition) is 4. The summed E-state index contributed by atoms with van der Waals surface area (Å²) in [7, 11) is 1.61. The quantitative estimate of drug-likeness (QED) is 0.699. The van der Waals surface area contributed by atoms with Crippen molar-refractivity contribution in [1.82, 2.24) is 0 Å². The summed E-state index contributed by atoms with van der Waals surface area (Å²) in [6, 6.07) is 12.7. The molecule has 5 heteroatoms. The molecule has 118 valence electrons. The minimum atomic E-state index is -0.166. The third-order valence-electron chi connectivity index (χ3n) is 3.68. The van der Waals surface area contributed by atoms with E-state index in [0.29, 0.717) is 18.0 Å². The largest absolute Gasteiger partial charge is 0.497 e. The fraction of sp³-hybridized carbons (Fsp3) is 0.167. The van der Waals surface area contributed by atoms with Crippen molar-refractivity contribution >= 4 is 23.4 Å². The van der Waals surface area contributed by atoms with E-state index in [9.17, 15) is 4.79 Å². The summed E-state index contributed by atoms with van der Waals surface area (Å²) in [4.78, 5) is 14.3. The molecule has 1 amide bonds. The zero-order valence-electron chi connectivity index (χ0n) is 13.1. The standard InChI is InChI=1S/C18H18N2O3/c1-3-20-15-9-6-13(19)11-16(15)23-17(18(20)21)10-12-4-7-14(22-2)8-5-12/h4-11H,3,19H2,1-2H3/b17-10+. The smallest absolute Gasteiger partial charge is 0.294 e. The van der Waals surface area contributed by atoms with Crippen LogP contribution in [0.4, 0.5) is 11.4 Å². The third-order valence-corrected chi connectivity index (χ3v) is 3.68. The van der Waals surface area contributed by atoms with Gasteiger partial charge in [0.15, 0.2) is 11.5 Å². The van der Waals surface area contributed by atoms with E-state index < -0.39 is 0 Å². The second-order valence-corrected chi connectivity index (χ2v) is 5.16. The van der Waals surface area contributed by atoms with E-state index in [1.807, 2.05) is 31.2 Å². The van der Waals surface area contributed by atoms with Crippen LogP contribution in [0.1, 0.15) is 12.5 Å². The number of carbonyl (C=O) groups is 1. The van der Waals surface area contributed by atoms with E-state index in [4.69, 9.17) is 15.2 Å². The van der Waals surface area contributed by atoms with Crippen LogP contribution in [0, 0.1) is 0 Å². The molecule has 0 saturated carbocycles. The molecule has 3 rings (SSSR count). The first-order valence-corrected chi connectivity index (χ1v) is 7.37. The van der Waals surface area contributed by atoms with Crippen LogP contribution in [-0.2, 0) is 4.79 Å². The molecule has 0 saturated heterocycles. The van der Waals surface area contributed by atoms with Crippen LogP contribution in [0.5, 0.6) is 11.5 Å². The molecule has 1 aliphatic heterocycles. The van der Waals surface area contributed by atoms with Crippen LogP contribution in [0.3, 0.4) is 0 Å². The lowest BCUT2D eigenvalue weighted by atomic mass is 10.1. The summed E-state index contributed by atoms with van der Waals surface area (Å²) in [5.41, 5.74) is 8.01. The summed E-state index contributed by atoms with van der Waals surface area (Å²) in [6.45, 7) is 2.48. The number of ether oxygens (including phenoxy) is 2. The van der Waals surface area contributed by atoms with Gasteiger partial charge in [0.25, 0.3) is 5.91 Å². The van der Waals surface area contributed by atoms with Gasteiger partial charge in [-0.25, -0.2) is 0 Å². The van der Waals surface area contributed by atoms with E-state index in [2.05, 4.69) is 0 Å². The van der Waals surface area contributed by atoms with Gasteiger partial charge in [-0.3, -0.25) is 4.79 Å². The van der Waals surface area contributed by atoms with Gasteiger partial charge in [0.1, 0.15) is 5.75 Å². The average Bonchev–Trinajstić information content (AvgIpc) is 2.56. The highest BCUT2D eigenvalue weighted by Crippen LogP contribution is 2.37. The molecule has 0 spiro atoms. The third kappa shape index (κ3) is 2.85. The number of methoxy groups -OCH3 is 1. The number of anilines is 2. The second kappa shape index (κ2) is 6.04. The Morgan fingerprint density at radius 3 is 2.61 bits per heavy atom. The van der Waals surface area contributed by atoms with Gasteiger partial charge in [0, 0.05) is 18.3 Å². The number of amides is 1. The molecule has 1 aliphatic rings. The Kier molecular flexibility index (Phi) is 3.93. The van der Waals surface area contributed by atoms with E-state index in [1.165, 1.54) is 0 Å². The van der Waals surface area contributed by atoms with Gasteiger partial charge in [-0.15, -0.1) is 0 Å². The molecule has 5 nitrogen and oxygen atoms in total. The maximum absolute atomic E-state index is 12.6. The molecule has 0 bridgehead atoms. The number of nitrogen functional groups attached to an aromatic ring is 1. The minimum Gasteiger partial charge on any atom is -0.497 e. The Morgan fingerprint density at radius 2 is 1.96 bits per heavy atom. The lowest BCUT2D eigenvalue weighted by molar-refractivity contribution is -0.117. The number of rotatable bonds is 3. The highest BCUT2D eigenvalue weighted by atomic mass is 16.5. The van der Waals surface area contributed by atoms with E-state index in [-0.39, 0.29) is 11.7 Å². The normalized spacial score (nSPS) is 15.3. The Balaban J connectivity index is 1.99. The topological polar surface area (TPSA) is 64.8 Å². The van der Waals surface area contributed by atoms with Crippen molar-refractivity contribution in [3.8, 4) is 11.5 Å². The molecule has 23 heavy (non-hydrogen) atoms. The molecule has 0 fully saturated rings. The predicted molar refractivity (Wildman–Crippen MR) is 90.5 cm³/mol. The first kappa shape index (κ1) is 15.0. The van der Waals surface area contributed by atoms with Crippen LogP contribution in [-0.4, -0.2) is 19.6 Å². The van der Waals surface area contributed by atoms with Gasteiger partial charge in [-0.2, -0.15) is 0 Å². The summed E-state index contributed by atoms with van der Waals surface area (Å²) in [6.07, 6.45) is 1.72. The molecular formula is C18H18N2O3. The fourth-order valence-electron chi connectivity index (χ4n) is 2.50. The van der Waals surface area contributed by atoms with Crippen molar-refractivity contribution in [2.45, 2.75) is 6.92 Å². The number of benzene rings is 2. The van der Waals surface area contributed by atoms with E-state index in [0.717, 1.165) is 17.0 Å². The first-order chi connectivity index (χ1) is 11.1. The summed E-state index contributed by atoms with van der Waals surface area (Å²) < 4.78 is 10.9. The van der Waals surface area contributed by atoms with E-state index >= 15 is 0 Å². The maximum atomic E-state index is 12.6. The molecule has 0 aliphatic carbocycles. The number of nitrogens with two attached hydrogens (primary N) is 1. The maximum Gasteiger partial charge on any atom is 0.294 e. The zero-order chi connectivity index (χ0) is 16.4. The molecule has 2 N–H and O–H groups in total. The number of likely N-dealkylation sites (N-methyl/N-ethyl adjacent to an activating group) is 1. The molecule has 0 radical (unpaired) electrons. The minimum absolute atomic E-state index is 0.166. The molecule has 2 aromatic carbocycles. The van der Waals surface area contributed by atoms with Gasteiger partial charge in [-0.1, -0.05) is 12.1 Å². The van der Waals surface area contributed by atoms with Crippen LogP contribution in [0.2, 0.25) is 0 Å². The highest BCUT2D eigenvalue weighted by Gasteiger charge is 2.29. The number of hydrogen-bond donors (Lipinski definition) is 1. The van der Waals surface area contributed by atoms with Gasteiger partial charge in [0.2, 0.25) is 0 Å². The van der Waals surface area contributed by atoms with Crippen molar-refractivity contribution in [1.29, 1.82) is 0 Å². The van der Waals surface area contributed by atoms with Gasteiger partial charge in [-0.05, 0) is 42.8 Å². The van der Waals surface area contributed by atoms with Crippen LogP contribution in [0.25, 0.3) is 6.08 Å². The van der Waals surface area contributed by atoms with Gasteiger partial charge >= 0.3 is 0 Å². The van der Waals surface area contributed by atoms with Crippen molar-refractivity contribution in [3.63, 3.8) is 0 Å². The Bertz CT molecular complexity index is 766. The van der Waals surface area contributed by atoms with Gasteiger partial charge in [0.05, 0.1) is 12.8 Å². The first-order valence-electron chi connectivity index (χ1n) is 7.37. The van der Waals surface area contributed by atoms with Crippen molar-refractivity contribution in [2.75, 3.05) is 24.3 Å². The van der Waals surface area contributed by atoms with Crippen LogP contribution in [0.15, 0.2) is 48.2 Å². The van der Waals surface area contributed by atoms with Crippen molar-refractivity contribution in [3.05, 3.63) is 53.8 Å². The highest BCUT2D eigenvalue weighted by molar-refractivity contribution is 6.10. The summed E-state index contributed by atoms with van der Waals surface area (Å²) in [5.74, 6) is 1.46. The Labute approximate surface area is 134 Å². The van der Waals surface area contributed by atoms with Gasteiger partial charge < -0.3 is 20.1 Å². The Morgan fingerprint density at radius 1 is 1.22 bits per heavy atom. The monoisotopic (exact) mass is 310 g/mol. The van der Waals surface area contributed by atoms with Crippen LogP contribution < -0.4 is 20.1 Å². The molecule has 0 atom stereocenters. The fourth-order valence-corrected chi connectivity index (χ4v) is 2.50. The zero-order valence-corrected chi connectivity index (χ0v) is 13.1. The summed E-state index contributed by atoms with van der Waals surface area (Å²) >= 11 is 0. The van der Waals surface area contributed by atoms with Crippen molar-refractivity contribution < 1.29 is 14.3 Å². The summed E-state index contributed by atoms with van der Waals surface area (Å²) in [5, 5.41) is 0. The molecule has 1 heterocycles. The molecule has 0 aromatic heterocycles. The Hall–Kier alpha value is -2.95. The lowest BCUT2D eigenvalue weighted by Crippen LogP contribution is -2.37. The average molecular weight is 310 g/mol. The molecular weight excluding hydrogens is 292 g/mol.